The second kappa shape index (κ2) is 7.89. The van der Waals surface area contributed by atoms with E-state index in [9.17, 15) is 13.2 Å². The highest BCUT2D eigenvalue weighted by Gasteiger charge is 2.34. The summed E-state index contributed by atoms with van der Waals surface area (Å²) in [6.45, 7) is 4.54. The van der Waals surface area contributed by atoms with Crippen LogP contribution in [-0.4, -0.2) is 43.3 Å². The van der Waals surface area contributed by atoms with Gasteiger partial charge in [0.05, 0.1) is 11.5 Å². The number of sulfone groups is 1. The minimum atomic E-state index is -3.04. The highest BCUT2D eigenvalue weighted by atomic mass is 35.5. The van der Waals surface area contributed by atoms with Gasteiger partial charge in [-0.25, -0.2) is 8.42 Å². The first kappa shape index (κ1) is 19.3. The molecular weight excluding hydrogens is 369 g/mol. The molecule has 0 N–H and O–H groups in total. The molecule has 0 spiro atoms. The van der Waals surface area contributed by atoms with Gasteiger partial charge in [-0.05, 0) is 42.2 Å². The molecular formula is C17H21Cl2NO3S. The van der Waals surface area contributed by atoms with Gasteiger partial charge in [0.15, 0.2) is 9.84 Å². The molecule has 1 heterocycles. The lowest BCUT2D eigenvalue weighted by atomic mass is 10.1. The zero-order chi connectivity index (χ0) is 17.9. The van der Waals surface area contributed by atoms with Crippen molar-refractivity contribution in [2.45, 2.75) is 26.3 Å². The van der Waals surface area contributed by atoms with Crippen molar-refractivity contribution in [2.75, 3.05) is 18.1 Å². The number of amides is 1. The van der Waals surface area contributed by atoms with Crippen LogP contribution in [0, 0.1) is 5.92 Å². The Hall–Kier alpha value is -1.04. The Morgan fingerprint density at radius 1 is 1.29 bits per heavy atom. The molecule has 0 radical (unpaired) electrons. The molecule has 0 saturated carbocycles. The second-order valence-electron chi connectivity index (χ2n) is 6.48. The molecule has 1 saturated heterocycles. The van der Waals surface area contributed by atoms with Crippen LogP contribution >= 0.6 is 23.2 Å². The van der Waals surface area contributed by atoms with Gasteiger partial charge >= 0.3 is 0 Å². The largest absolute Gasteiger partial charge is 0.335 e. The van der Waals surface area contributed by atoms with Crippen molar-refractivity contribution < 1.29 is 13.2 Å². The van der Waals surface area contributed by atoms with Crippen LogP contribution < -0.4 is 0 Å². The molecule has 0 aromatic heterocycles. The maximum Gasteiger partial charge on any atom is 0.246 e. The number of rotatable bonds is 5. The van der Waals surface area contributed by atoms with E-state index in [0.29, 0.717) is 23.0 Å². The van der Waals surface area contributed by atoms with Crippen LogP contribution in [0.15, 0.2) is 24.3 Å². The third kappa shape index (κ3) is 5.50. The molecule has 24 heavy (non-hydrogen) atoms. The molecule has 1 aliphatic heterocycles. The van der Waals surface area contributed by atoms with Gasteiger partial charge in [-0.15, -0.1) is 0 Å². The van der Waals surface area contributed by atoms with E-state index in [0.717, 1.165) is 5.56 Å². The van der Waals surface area contributed by atoms with Gasteiger partial charge < -0.3 is 4.90 Å². The van der Waals surface area contributed by atoms with Crippen molar-refractivity contribution in [2.24, 2.45) is 5.92 Å². The highest BCUT2D eigenvalue weighted by Crippen LogP contribution is 2.22. The Kier molecular flexibility index (Phi) is 6.34. The molecule has 1 aliphatic rings. The fourth-order valence-corrected chi connectivity index (χ4v) is 5.04. The second-order valence-corrected chi connectivity index (χ2v) is 9.58. The minimum Gasteiger partial charge on any atom is -0.335 e. The third-order valence-corrected chi connectivity index (χ3v) is 5.98. The van der Waals surface area contributed by atoms with Crippen molar-refractivity contribution in [3.05, 3.63) is 39.9 Å². The fourth-order valence-electron chi connectivity index (χ4n) is 2.77. The zero-order valence-corrected chi connectivity index (χ0v) is 16.0. The maximum absolute atomic E-state index is 12.6. The quantitative estimate of drug-likeness (QED) is 0.721. The van der Waals surface area contributed by atoms with E-state index in [2.05, 4.69) is 0 Å². The highest BCUT2D eigenvalue weighted by molar-refractivity contribution is 7.91. The molecule has 1 fully saturated rings. The molecule has 7 heteroatoms. The lowest BCUT2D eigenvalue weighted by molar-refractivity contribution is -0.128. The summed E-state index contributed by atoms with van der Waals surface area (Å²) in [5, 5.41) is 0.992. The van der Waals surface area contributed by atoms with Gasteiger partial charge in [0.2, 0.25) is 5.91 Å². The number of nitrogens with zero attached hydrogens (tertiary/aromatic N) is 1. The van der Waals surface area contributed by atoms with Gasteiger partial charge in [-0.3, -0.25) is 4.79 Å². The Balaban J connectivity index is 2.17. The number of benzene rings is 1. The summed E-state index contributed by atoms with van der Waals surface area (Å²) in [6.07, 6.45) is 3.60. The molecule has 1 aromatic rings. The Morgan fingerprint density at radius 3 is 2.42 bits per heavy atom. The maximum atomic E-state index is 12.6. The average Bonchev–Trinajstić information content (AvgIpc) is 2.81. The van der Waals surface area contributed by atoms with Crippen LogP contribution in [0.25, 0.3) is 6.08 Å². The number of hydrogen-bond acceptors (Lipinski definition) is 3. The van der Waals surface area contributed by atoms with Crippen molar-refractivity contribution in [3.8, 4) is 0 Å². The van der Waals surface area contributed by atoms with Crippen LogP contribution in [0.4, 0.5) is 0 Å². The van der Waals surface area contributed by atoms with Crippen molar-refractivity contribution in [1.29, 1.82) is 0 Å². The fraction of sp³-hybridized carbons (Fsp3) is 0.471. The number of hydrogen-bond donors (Lipinski definition) is 0. The molecule has 132 valence electrons. The summed E-state index contributed by atoms with van der Waals surface area (Å²) >= 11 is 11.9. The van der Waals surface area contributed by atoms with Gasteiger partial charge in [-0.2, -0.15) is 0 Å². The van der Waals surface area contributed by atoms with Crippen LogP contribution in [0.5, 0.6) is 0 Å². The number of halogens is 2. The molecule has 1 amide bonds. The SMILES string of the molecule is CC(C)CN(C(=O)C=Cc1cc(Cl)cc(Cl)c1)C1CCS(=O)(=O)C1. The van der Waals surface area contributed by atoms with E-state index in [-0.39, 0.29) is 29.4 Å². The van der Waals surface area contributed by atoms with Gasteiger partial charge in [-0.1, -0.05) is 37.0 Å². The van der Waals surface area contributed by atoms with Crippen molar-refractivity contribution in [3.63, 3.8) is 0 Å². The molecule has 0 bridgehead atoms. The Morgan fingerprint density at radius 2 is 1.92 bits per heavy atom. The van der Waals surface area contributed by atoms with Crippen LogP contribution in [0.3, 0.4) is 0 Å². The standard InChI is InChI=1S/C17H21Cl2NO3S/c1-12(2)10-20(16-5-6-24(22,23)11-16)17(21)4-3-13-7-14(18)9-15(19)8-13/h3-4,7-9,12,16H,5-6,10-11H2,1-2H3. The van der Waals surface area contributed by atoms with E-state index in [1.54, 1.807) is 29.2 Å². The summed E-state index contributed by atoms with van der Waals surface area (Å²) in [6, 6.07) is 4.79. The van der Waals surface area contributed by atoms with Crippen molar-refractivity contribution in [1.82, 2.24) is 4.90 Å². The molecule has 0 aliphatic carbocycles. The van der Waals surface area contributed by atoms with Gasteiger partial charge in [0, 0.05) is 28.7 Å². The summed E-state index contributed by atoms with van der Waals surface area (Å²) in [5.41, 5.74) is 0.726. The number of carbonyl (C=O) groups is 1. The molecule has 1 aromatic carbocycles. The zero-order valence-electron chi connectivity index (χ0n) is 13.7. The van der Waals surface area contributed by atoms with Crippen molar-refractivity contribution >= 4 is 45.0 Å². The topological polar surface area (TPSA) is 54.5 Å². The first-order valence-electron chi connectivity index (χ1n) is 7.81. The van der Waals surface area contributed by atoms with Gasteiger partial charge in [0.1, 0.15) is 0 Å². The van der Waals surface area contributed by atoms with E-state index in [1.165, 1.54) is 6.08 Å². The molecule has 1 unspecified atom stereocenters. The van der Waals surface area contributed by atoms with Gasteiger partial charge in [0.25, 0.3) is 0 Å². The van der Waals surface area contributed by atoms with E-state index < -0.39 is 9.84 Å². The summed E-state index contributed by atoms with van der Waals surface area (Å²) < 4.78 is 23.4. The average molecular weight is 390 g/mol. The molecule has 1 atom stereocenters. The lowest BCUT2D eigenvalue weighted by Gasteiger charge is -2.28. The Labute approximate surface area is 153 Å². The van der Waals surface area contributed by atoms with Crippen LogP contribution in [-0.2, 0) is 14.6 Å². The predicted molar refractivity (Wildman–Crippen MR) is 99.1 cm³/mol. The summed E-state index contributed by atoms with van der Waals surface area (Å²) in [5.74, 6) is 0.253. The first-order valence-corrected chi connectivity index (χ1v) is 10.4. The molecule has 2 rings (SSSR count). The van der Waals surface area contributed by atoms with E-state index in [1.807, 2.05) is 13.8 Å². The smallest absolute Gasteiger partial charge is 0.246 e. The lowest BCUT2D eigenvalue weighted by Crippen LogP contribution is -2.42. The van der Waals surface area contributed by atoms with Crippen LogP contribution in [0.2, 0.25) is 10.0 Å². The van der Waals surface area contributed by atoms with E-state index >= 15 is 0 Å². The summed E-state index contributed by atoms with van der Waals surface area (Å²) in [4.78, 5) is 14.3. The minimum absolute atomic E-state index is 0.0439. The summed E-state index contributed by atoms with van der Waals surface area (Å²) in [7, 11) is -3.04. The van der Waals surface area contributed by atoms with E-state index in [4.69, 9.17) is 23.2 Å². The third-order valence-electron chi connectivity index (χ3n) is 3.80. The monoisotopic (exact) mass is 389 g/mol. The number of carbonyl (C=O) groups excluding carboxylic acids is 1. The van der Waals surface area contributed by atoms with Crippen LogP contribution in [0.1, 0.15) is 25.8 Å². The first-order chi connectivity index (χ1) is 11.2. The normalized spacial score (nSPS) is 20.0. The molecule has 4 nitrogen and oxygen atoms in total. The Bertz CT molecular complexity index is 724. The predicted octanol–water partition coefficient (Wildman–Crippen LogP) is 3.68.